The molecule has 0 aromatic carbocycles. The van der Waals surface area contributed by atoms with Gasteiger partial charge < -0.3 is 19.3 Å². The van der Waals surface area contributed by atoms with E-state index in [2.05, 4.69) is 103 Å². The first kappa shape index (κ1) is 49.2. The maximum absolute atomic E-state index is 12.4. The van der Waals surface area contributed by atoms with Gasteiger partial charge in [-0.05, 0) is 89.9 Å². The topological polar surface area (TPSA) is 119 Å². The Balaban J connectivity index is 4.06. The molecule has 0 spiro atoms. The number of carbonyl (C=O) groups is 2. The normalized spacial score (nSPS) is 13.4. The van der Waals surface area contributed by atoms with E-state index in [4.69, 9.17) is 19.3 Å². The third-order valence-electron chi connectivity index (χ3n) is 7.90. The second-order valence-corrected chi connectivity index (χ2v) is 14.1. The maximum atomic E-state index is 12.4. The van der Waals surface area contributed by atoms with Crippen LogP contribution in [0.15, 0.2) is 85.1 Å². The number of unbranched alkanes of at least 4 members (excludes halogenated alkanes) is 11. The third kappa shape index (κ3) is 40.0. The van der Waals surface area contributed by atoms with Gasteiger partial charge in [-0.3, -0.25) is 14.1 Å². The van der Waals surface area contributed by atoms with Crippen molar-refractivity contribution in [2.24, 2.45) is 0 Å². The van der Waals surface area contributed by atoms with Gasteiger partial charge in [-0.25, -0.2) is 4.57 Å². The summed E-state index contributed by atoms with van der Waals surface area (Å²) in [5.74, 6) is -0.947. The van der Waals surface area contributed by atoms with Crippen LogP contribution in [0.5, 0.6) is 0 Å². The van der Waals surface area contributed by atoms with Crippen LogP contribution in [0.1, 0.15) is 155 Å². The Hall–Kier alpha value is -2.77. The number of carbonyl (C=O) groups excluding carboxylic acids is 2. The molecule has 296 valence electrons. The van der Waals surface area contributed by atoms with Crippen LogP contribution < -0.4 is 0 Å². The average molecular weight is 747 g/mol. The monoisotopic (exact) mass is 746 g/mol. The summed E-state index contributed by atoms with van der Waals surface area (Å²) in [6.45, 7) is 3.49. The highest BCUT2D eigenvalue weighted by Crippen LogP contribution is 2.36. The highest BCUT2D eigenvalue weighted by Gasteiger charge is 2.22. The molecule has 0 amide bonds. The molecule has 0 heterocycles. The molecular formula is C43H71O8P. The van der Waals surface area contributed by atoms with Crippen molar-refractivity contribution in [1.29, 1.82) is 0 Å². The van der Waals surface area contributed by atoms with Crippen LogP contribution in [0.25, 0.3) is 0 Å². The van der Waals surface area contributed by atoms with Crippen molar-refractivity contribution in [3.63, 3.8) is 0 Å². The molecule has 0 fully saturated rings. The Bertz CT molecular complexity index is 1110. The van der Waals surface area contributed by atoms with Crippen LogP contribution in [0, 0.1) is 0 Å². The van der Waals surface area contributed by atoms with Crippen LogP contribution in [0.3, 0.4) is 0 Å². The summed E-state index contributed by atoms with van der Waals surface area (Å²) >= 11 is 0. The van der Waals surface area contributed by atoms with Crippen molar-refractivity contribution in [2.45, 2.75) is 161 Å². The van der Waals surface area contributed by atoms with Crippen LogP contribution in [-0.4, -0.2) is 41.0 Å². The zero-order valence-electron chi connectivity index (χ0n) is 32.4. The van der Waals surface area contributed by atoms with E-state index in [0.717, 1.165) is 89.9 Å². The molecule has 8 nitrogen and oxygen atoms in total. The number of ether oxygens (including phenoxy) is 2. The molecule has 2 N–H and O–H groups in total. The molecule has 0 aromatic heterocycles. The minimum absolute atomic E-state index is 0.183. The summed E-state index contributed by atoms with van der Waals surface area (Å²) in [6, 6.07) is 0. The van der Waals surface area contributed by atoms with E-state index in [1.807, 2.05) is 0 Å². The predicted molar refractivity (Wildman–Crippen MR) is 216 cm³/mol. The maximum Gasteiger partial charge on any atom is 0.469 e. The van der Waals surface area contributed by atoms with Gasteiger partial charge in [0.2, 0.25) is 0 Å². The Kier molecular flexibility index (Phi) is 35.9. The molecule has 52 heavy (non-hydrogen) atoms. The van der Waals surface area contributed by atoms with Crippen molar-refractivity contribution in [3.05, 3.63) is 85.1 Å². The summed E-state index contributed by atoms with van der Waals surface area (Å²) in [6.07, 6.45) is 50.1. The number of hydrogen-bond acceptors (Lipinski definition) is 6. The third-order valence-corrected chi connectivity index (χ3v) is 8.38. The van der Waals surface area contributed by atoms with Crippen LogP contribution in [-0.2, 0) is 28.2 Å². The Morgan fingerprint density at radius 2 is 0.923 bits per heavy atom. The van der Waals surface area contributed by atoms with Crippen LogP contribution in [0.2, 0.25) is 0 Å². The number of esters is 2. The van der Waals surface area contributed by atoms with E-state index < -0.39 is 32.5 Å². The van der Waals surface area contributed by atoms with Crippen molar-refractivity contribution < 1.29 is 37.9 Å². The SMILES string of the molecule is CC/C=C/C/C=C/C/C=C/C/C=C/C/C=C/CCCCCC(=O)OC[C@H](COP(=O)(O)O)OC(=O)CCCCCCC/C=C/C/C=C/CCCCC. The fourth-order valence-corrected chi connectivity index (χ4v) is 5.32. The second-order valence-electron chi connectivity index (χ2n) is 12.9. The molecular weight excluding hydrogens is 675 g/mol. The van der Waals surface area contributed by atoms with Gasteiger partial charge >= 0.3 is 19.8 Å². The Morgan fingerprint density at radius 1 is 0.519 bits per heavy atom. The van der Waals surface area contributed by atoms with E-state index in [-0.39, 0.29) is 19.4 Å². The van der Waals surface area contributed by atoms with Gasteiger partial charge in [-0.1, -0.05) is 137 Å². The lowest BCUT2D eigenvalue weighted by atomic mass is 10.1. The number of phosphoric ester groups is 1. The fraction of sp³-hybridized carbons (Fsp3) is 0.628. The van der Waals surface area contributed by atoms with Gasteiger partial charge in [0.15, 0.2) is 6.10 Å². The Labute approximate surface area is 316 Å². The van der Waals surface area contributed by atoms with Crippen LogP contribution >= 0.6 is 7.82 Å². The predicted octanol–water partition coefficient (Wildman–Crippen LogP) is 12.1. The van der Waals surface area contributed by atoms with Gasteiger partial charge in [0.05, 0.1) is 6.61 Å². The lowest BCUT2D eigenvalue weighted by Crippen LogP contribution is -2.29. The van der Waals surface area contributed by atoms with E-state index in [9.17, 15) is 14.2 Å². The molecule has 0 aliphatic rings. The smallest absolute Gasteiger partial charge is 0.462 e. The molecule has 0 aromatic rings. The molecule has 0 saturated carbocycles. The van der Waals surface area contributed by atoms with Gasteiger partial charge in [0.1, 0.15) is 6.61 Å². The zero-order valence-corrected chi connectivity index (χ0v) is 33.3. The highest BCUT2D eigenvalue weighted by molar-refractivity contribution is 7.46. The molecule has 0 bridgehead atoms. The van der Waals surface area contributed by atoms with E-state index in [0.29, 0.717) is 12.8 Å². The molecule has 0 aliphatic heterocycles. The van der Waals surface area contributed by atoms with E-state index in [1.165, 1.54) is 25.7 Å². The summed E-state index contributed by atoms with van der Waals surface area (Å²) in [5.41, 5.74) is 0. The van der Waals surface area contributed by atoms with Crippen molar-refractivity contribution in [3.8, 4) is 0 Å². The van der Waals surface area contributed by atoms with Crippen LogP contribution in [0.4, 0.5) is 0 Å². The molecule has 0 radical (unpaired) electrons. The molecule has 0 saturated heterocycles. The zero-order chi connectivity index (χ0) is 38.2. The summed E-state index contributed by atoms with van der Waals surface area (Å²) in [5, 5.41) is 0. The van der Waals surface area contributed by atoms with Gasteiger partial charge in [0.25, 0.3) is 0 Å². The summed E-state index contributed by atoms with van der Waals surface area (Å²) < 4.78 is 26.3. The molecule has 0 rings (SSSR count). The fourth-order valence-electron chi connectivity index (χ4n) is 4.96. The summed E-state index contributed by atoms with van der Waals surface area (Å²) in [7, 11) is -4.77. The Morgan fingerprint density at radius 3 is 1.40 bits per heavy atom. The minimum Gasteiger partial charge on any atom is -0.462 e. The quantitative estimate of drug-likeness (QED) is 0.0285. The number of phosphoric acid groups is 1. The lowest BCUT2D eigenvalue weighted by molar-refractivity contribution is -0.161. The average Bonchev–Trinajstić information content (AvgIpc) is 3.11. The highest BCUT2D eigenvalue weighted by atomic mass is 31.2. The van der Waals surface area contributed by atoms with Crippen molar-refractivity contribution >= 4 is 19.8 Å². The first-order valence-corrected chi connectivity index (χ1v) is 21.4. The number of hydrogen-bond donors (Lipinski definition) is 2. The summed E-state index contributed by atoms with van der Waals surface area (Å²) in [4.78, 5) is 42.8. The largest absolute Gasteiger partial charge is 0.469 e. The van der Waals surface area contributed by atoms with Gasteiger partial charge in [-0.15, -0.1) is 0 Å². The molecule has 9 heteroatoms. The minimum atomic E-state index is -4.77. The van der Waals surface area contributed by atoms with Gasteiger partial charge in [-0.2, -0.15) is 0 Å². The van der Waals surface area contributed by atoms with Crippen molar-refractivity contribution in [1.82, 2.24) is 0 Å². The second kappa shape index (κ2) is 38.0. The molecule has 0 unspecified atom stereocenters. The number of rotatable bonds is 35. The lowest BCUT2D eigenvalue weighted by Gasteiger charge is -2.18. The molecule has 0 aliphatic carbocycles. The van der Waals surface area contributed by atoms with Gasteiger partial charge in [0, 0.05) is 12.8 Å². The number of allylic oxidation sites excluding steroid dienone is 14. The molecule has 1 atom stereocenters. The standard InChI is InChI=1S/C43H71O8P/c1-3-5-7-9-11-13-15-17-19-20-21-22-24-25-27-29-31-33-35-37-42(44)49-39-41(40-50-52(46,47)48)51-43(45)38-36-34-32-30-28-26-23-18-16-14-12-10-8-6-4-2/h5,7,11-14,17-19,21-23,25,27,41H,3-4,6,8-10,15-16,20,24,26,28-40H2,1-2H3,(H2,46,47,48)/b7-5+,13-11+,14-12+,19-17+,22-21+,23-18+,27-25+/t41-/m1/s1. The van der Waals surface area contributed by atoms with Crippen molar-refractivity contribution in [2.75, 3.05) is 13.2 Å². The van der Waals surface area contributed by atoms with E-state index >= 15 is 0 Å². The first-order chi connectivity index (χ1) is 25.3. The first-order valence-electron chi connectivity index (χ1n) is 19.9. The van der Waals surface area contributed by atoms with E-state index in [1.54, 1.807) is 0 Å².